The number of primary amides is 1. The number of hydrogen-bond donors (Lipinski definition) is 4. The molecule has 1 saturated heterocycles. The number of carbonyl (C=O) groups excluding carboxylic acids is 1. The fourth-order valence-corrected chi connectivity index (χ4v) is 4.71. The molecule has 0 aliphatic carbocycles. The van der Waals surface area contributed by atoms with Gasteiger partial charge in [0.15, 0.2) is 11.6 Å². The number of ether oxygens (including phenoxy) is 2. The Morgan fingerprint density at radius 3 is 2.59 bits per heavy atom. The first kappa shape index (κ1) is 27.7. The molecule has 0 bridgehead atoms. The number of halogens is 1. The third kappa shape index (κ3) is 6.39. The summed E-state index contributed by atoms with van der Waals surface area (Å²) in [6, 6.07) is 14.4. The summed E-state index contributed by atoms with van der Waals surface area (Å²) in [6.07, 6.45) is 1.23. The van der Waals surface area contributed by atoms with Crippen LogP contribution in [0.15, 0.2) is 54.6 Å². The van der Waals surface area contributed by atoms with Crippen molar-refractivity contribution in [1.82, 2.24) is 4.98 Å². The number of aromatic nitrogens is 1. The molecular weight excluding hydrogens is 499 g/mol. The normalized spacial score (nSPS) is 15.7. The lowest BCUT2D eigenvalue weighted by Crippen LogP contribution is -2.40. The molecule has 1 fully saturated rings. The van der Waals surface area contributed by atoms with Crippen molar-refractivity contribution in [2.45, 2.75) is 51.8 Å². The Morgan fingerprint density at radius 2 is 1.95 bits per heavy atom. The van der Waals surface area contributed by atoms with Gasteiger partial charge in [-0.15, -0.1) is 0 Å². The monoisotopic (exact) mass is 534 g/mol. The number of carbonyl (C=O) groups is 1. The molecule has 6 N–H and O–H groups in total. The maximum absolute atomic E-state index is 16.1. The van der Waals surface area contributed by atoms with Crippen molar-refractivity contribution in [1.29, 1.82) is 5.41 Å². The van der Waals surface area contributed by atoms with Crippen LogP contribution in [0.25, 0.3) is 0 Å². The number of nitrogen functional groups attached to an aromatic ring is 1. The Hall–Kier alpha value is -4.34. The number of nitrogens with zero attached hydrogens (tertiary/aromatic N) is 2. The fraction of sp³-hybridized carbons (Fsp3) is 0.345. The zero-order valence-corrected chi connectivity index (χ0v) is 22.4. The summed E-state index contributed by atoms with van der Waals surface area (Å²) >= 11 is 0. The second-order valence-corrected chi connectivity index (χ2v) is 9.67. The average Bonchev–Trinajstić information content (AvgIpc) is 3.40. The Bertz CT molecular complexity index is 1330. The summed E-state index contributed by atoms with van der Waals surface area (Å²) in [5, 5.41) is 11.1. The van der Waals surface area contributed by atoms with E-state index in [0.717, 1.165) is 6.42 Å². The van der Waals surface area contributed by atoms with Gasteiger partial charge in [-0.2, -0.15) is 0 Å². The van der Waals surface area contributed by atoms with Crippen molar-refractivity contribution >= 4 is 23.2 Å². The van der Waals surface area contributed by atoms with E-state index in [1.54, 1.807) is 42.5 Å². The van der Waals surface area contributed by atoms with Crippen molar-refractivity contribution in [3.8, 4) is 11.5 Å². The van der Waals surface area contributed by atoms with Crippen LogP contribution < -0.4 is 31.2 Å². The third-order valence-electron chi connectivity index (χ3n) is 6.46. The molecule has 1 aromatic heterocycles. The molecule has 1 unspecified atom stereocenters. The molecule has 39 heavy (non-hydrogen) atoms. The Kier molecular flexibility index (Phi) is 8.53. The molecule has 206 valence electrons. The van der Waals surface area contributed by atoms with Gasteiger partial charge in [0.1, 0.15) is 23.4 Å². The number of benzene rings is 2. The summed E-state index contributed by atoms with van der Waals surface area (Å²) in [4.78, 5) is 18.8. The van der Waals surface area contributed by atoms with Crippen LogP contribution in [0.3, 0.4) is 0 Å². The molecule has 9 nitrogen and oxygen atoms in total. The topological polar surface area (TPSA) is 140 Å². The van der Waals surface area contributed by atoms with Gasteiger partial charge in [-0.05, 0) is 76.1 Å². The molecule has 0 radical (unpaired) electrons. The van der Waals surface area contributed by atoms with E-state index in [-0.39, 0.29) is 23.3 Å². The van der Waals surface area contributed by atoms with Gasteiger partial charge in [0.2, 0.25) is 5.91 Å². The lowest BCUT2D eigenvalue weighted by Gasteiger charge is -2.26. The van der Waals surface area contributed by atoms with Crippen LogP contribution in [-0.4, -0.2) is 42.0 Å². The van der Waals surface area contributed by atoms with Gasteiger partial charge < -0.3 is 31.2 Å². The first-order valence-corrected chi connectivity index (χ1v) is 13.0. The summed E-state index contributed by atoms with van der Waals surface area (Å²) in [6.45, 7) is 6.56. The smallest absolute Gasteiger partial charge is 0.240 e. The summed E-state index contributed by atoms with van der Waals surface area (Å²) in [5.74, 6) is 0.154. The van der Waals surface area contributed by atoms with E-state index < -0.39 is 23.8 Å². The van der Waals surface area contributed by atoms with Crippen molar-refractivity contribution in [3.63, 3.8) is 0 Å². The molecular formula is C29H35FN6O3. The maximum Gasteiger partial charge on any atom is 0.240 e. The van der Waals surface area contributed by atoms with E-state index in [9.17, 15) is 4.79 Å². The molecule has 10 heteroatoms. The first-order valence-electron chi connectivity index (χ1n) is 13.0. The highest BCUT2D eigenvalue weighted by Crippen LogP contribution is 2.37. The fourth-order valence-electron chi connectivity index (χ4n) is 4.71. The summed E-state index contributed by atoms with van der Waals surface area (Å²) < 4.78 is 27.6. The van der Waals surface area contributed by atoms with Gasteiger partial charge in [0.05, 0.1) is 24.4 Å². The molecule has 2 atom stereocenters. The third-order valence-corrected chi connectivity index (χ3v) is 6.46. The Labute approximate surface area is 227 Å². The minimum atomic E-state index is -0.752. The van der Waals surface area contributed by atoms with Crippen LogP contribution >= 0.6 is 0 Å². The highest BCUT2D eigenvalue weighted by atomic mass is 19.1. The van der Waals surface area contributed by atoms with E-state index in [4.69, 9.17) is 31.3 Å². The molecule has 1 amide bonds. The minimum Gasteiger partial charge on any atom is -0.494 e. The highest BCUT2D eigenvalue weighted by molar-refractivity contribution is 5.95. The van der Waals surface area contributed by atoms with Crippen molar-refractivity contribution in [3.05, 3.63) is 77.2 Å². The molecule has 1 aliphatic rings. The van der Waals surface area contributed by atoms with Crippen molar-refractivity contribution in [2.75, 3.05) is 23.4 Å². The molecule has 4 rings (SSSR count). The number of anilines is 2. The number of amides is 1. The number of pyridine rings is 1. The second-order valence-electron chi connectivity index (χ2n) is 9.67. The zero-order valence-electron chi connectivity index (χ0n) is 22.4. The van der Waals surface area contributed by atoms with Gasteiger partial charge in [0, 0.05) is 29.4 Å². The van der Waals surface area contributed by atoms with Gasteiger partial charge in [-0.25, -0.2) is 9.37 Å². The second kappa shape index (κ2) is 12.0. The SMILES string of the molecule is CCOc1cc(OC(C)C)c(F)c(C(Nc2ccc(C(=N)N)cc2)c2cccc(N3CCC[C@@H]3C(N)=O)n2)c1. The quantitative estimate of drug-likeness (QED) is 0.212. The van der Waals surface area contributed by atoms with Gasteiger partial charge in [-0.3, -0.25) is 10.2 Å². The molecule has 2 heterocycles. The number of amidine groups is 1. The predicted molar refractivity (Wildman–Crippen MR) is 150 cm³/mol. The molecule has 1 aliphatic heterocycles. The van der Waals surface area contributed by atoms with E-state index in [1.165, 1.54) is 0 Å². The largest absolute Gasteiger partial charge is 0.494 e. The van der Waals surface area contributed by atoms with Crippen LogP contribution in [0.2, 0.25) is 0 Å². The number of rotatable bonds is 11. The minimum absolute atomic E-state index is 0.0481. The number of nitrogens with two attached hydrogens (primary N) is 2. The van der Waals surface area contributed by atoms with E-state index in [0.29, 0.717) is 48.1 Å². The number of hydrogen-bond acceptors (Lipinski definition) is 7. The van der Waals surface area contributed by atoms with E-state index >= 15 is 4.39 Å². The highest BCUT2D eigenvalue weighted by Gasteiger charge is 2.31. The average molecular weight is 535 g/mol. The lowest BCUT2D eigenvalue weighted by molar-refractivity contribution is -0.119. The predicted octanol–water partition coefficient (Wildman–Crippen LogP) is 4.35. The molecule has 3 aromatic rings. The van der Waals surface area contributed by atoms with Crippen LogP contribution in [-0.2, 0) is 4.79 Å². The molecule has 2 aromatic carbocycles. The van der Waals surface area contributed by atoms with Gasteiger partial charge >= 0.3 is 0 Å². The van der Waals surface area contributed by atoms with Gasteiger partial charge in [-0.1, -0.05) is 6.07 Å². The van der Waals surface area contributed by atoms with Crippen LogP contribution in [0.4, 0.5) is 15.9 Å². The Balaban J connectivity index is 1.83. The number of nitrogens with one attached hydrogen (secondary N) is 2. The van der Waals surface area contributed by atoms with E-state index in [1.807, 2.05) is 37.8 Å². The standard InChI is InChI=1S/C29H35FN6O3/c1-4-38-20-15-21(26(30)24(16-20)39-17(2)3)27(34-19-12-10-18(11-13-19)28(31)32)22-7-5-9-25(35-22)36-14-6-8-23(36)29(33)37/h5,7,9-13,15-17,23,27,34H,4,6,8,14H2,1-3H3,(H3,31,32)(H2,33,37)/t23-,27?/m1/s1. The maximum atomic E-state index is 16.1. The Morgan fingerprint density at radius 1 is 1.21 bits per heavy atom. The van der Waals surface area contributed by atoms with Crippen LogP contribution in [0, 0.1) is 11.2 Å². The molecule has 0 spiro atoms. The van der Waals surface area contributed by atoms with Crippen molar-refractivity contribution < 1.29 is 18.7 Å². The van der Waals surface area contributed by atoms with Crippen LogP contribution in [0.1, 0.15) is 56.5 Å². The van der Waals surface area contributed by atoms with E-state index in [2.05, 4.69) is 5.32 Å². The zero-order chi connectivity index (χ0) is 28.1. The summed E-state index contributed by atoms with van der Waals surface area (Å²) in [5.41, 5.74) is 13.3. The molecule has 0 saturated carbocycles. The first-order chi connectivity index (χ1) is 18.7. The van der Waals surface area contributed by atoms with Gasteiger partial charge in [0.25, 0.3) is 0 Å². The van der Waals surface area contributed by atoms with Crippen LogP contribution in [0.5, 0.6) is 11.5 Å². The lowest BCUT2D eigenvalue weighted by atomic mass is 10.00. The summed E-state index contributed by atoms with van der Waals surface area (Å²) in [7, 11) is 0. The van der Waals surface area contributed by atoms with Crippen molar-refractivity contribution in [2.24, 2.45) is 11.5 Å².